The summed E-state index contributed by atoms with van der Waals surface area (Å²) in [7, 11) is 1.66. The Kier molecular flexibility index (Phi) is 6.12. The number of nitrogens with zero attached hydrogens (tertiary/aromatic N) is 3. The van der Waals surface area contributed by atoms with Gasteiger partial charge in [-0.15, -0.1) is 0 Å². The second kappa shape index (κ2) is 7.64. The normalized spacial score (nSPS) is 11.9. The summed E-state index contributed by atoms with van der Waals surface area (Å²) in [4.78, 5) is 6.37. The fourth-order valence-corrected chi connectivity index (χ4v) is 1.62. The molecule has 1 atom stereocenters. The minimum absolute atomic E-state index is 0.0213. The molecular formula is C13H20N4O. The number of hydrogen-bond donors (Lipinski definition) is 1. The number of hydrogen-bond acceptors (Lipinski definition) is 5. The van der Waals surface area contributed by atoms with Crippen molar-refractivity contribution >= 4 is 5.82 Å². The first-order chi connectivity index (χ1) is 8.69. The Hall–Kier alpha value is -1.64. The Morgan fingerprint density at radius 3 is 2.94 bits per heavy atom. The average molecular weight is 248 g/mol. The molecule has 5 nitrogen and oxygen atoms in total. The summed E-state index contributed by atoms with van der Waals surface area (Å²) in [6, 6.07) is 6.01. The monoisotopic (exact) mass is 248 g/mol. The lowest BCUT2D eigenvalue weighted by atomic mass is 10.1. The highest BCUT2D eigenvalue weighted by Gasteiger charge is 2.09. The molecule has 0 aliphatic heterocycles. The van der Waals surface area contributed by atoms with Crippen LogP contribution in [-0.2, 0) is 4.74 Å². The number of nitriles is 1. The highest BCUT2D eigenvalue weighted by atomic mass is 16.5. The van der Waals surface area contributed by atoms with Gasteiger partial charge in [-0.2, -0.15) is 5.26 Å². The van der Waals surface area contributed by atoms with Crippen LogP contribution in [0.4, 0.5) is 5.82 Å². The van der Waals surface area contributed by atoms with Crippen LogP contribution in [-0.4, -0.2) is 31.8 Å². The van der Waals surface area contributed by atoms with Gasteiger partial charge in [-0.3, -0.25) is 0 Å². The van der Waals surface area contributed by atoms with Gasteiger partial charge in [0.15, 0.2) is 0 Å². The molecule has 0 radical (unpaired) electrons. The first-order valence-corrected chi connectivity index (χ1v) is 6.01. The molecule has 0 aromatic carbocycles. The standard InChI is InChI=1S/C13H20N4O/c1-11(15)12-4-6-16-13(10-12)17(7-3-5-14)8-9-18-2/h4,6,10-11H,3,7-9,15H2,1-2H3/t11-/m1/s1. The number of anilines is 1. The predicted molar refractivity (Wildman–Crippen MR) is 71.2 cm³/mol. The van der Waals surface area contributed by atoms with Crippen molar-refractivity contribution in [3.63, 3.8) is 0 Å². The van der Waals surface area contributed by atoms with E-state index in [1.807, 2.05) is 24.0 Å². The maximum atomic E-state index is 8.68. The highest BCUT2D eigenvalue weighted by Crippen LogP contribution is 2.16. The van der Waals surface area contributed by atoms with E-state index < -0.39 is 0 Å². The zero-order chi connectivity index (χ0) is 13.4. The van der Waals surface area contributed by atoms with Gasteiger partial charge in [0.1, 0.15) is 5.82 Å². The smallest absolute Gasteiger partial charge is 0.128 e. The molecule has 5 heteroatoms. The van der Waals surface area contributed by atoms with Crippen LogP contribution < -0.4 is 10.6 Å². The van der Waals surface area contributed by atoms with Crippen LogP contribution in [0.1, 0.15) is 24.9 Å². The number of methoxy groups -OCH3 is 1. The largest absolute Gasteiger partial charge is 0.383 e. The lowest BCUT2D eigenvalue weighted by Crippen LogP contribution is -2.29. The molecule has 1 heterocycles. The molecule has 1 aromatic rings. The van der Waals surface area contributed by atoms with Crippen molar-refractivity contribution in [2.45, 2.75) is 19.4 Å². The van der Waals surface area contributed by atoms with Crippen molar-refractivity contribution in [2.24, 2.45) is 5.73 Å². The van der Waals surface area contributed by atoms with Gasteiger partial charge in [-0.1, -0.05) is 0 Å². The highest BCUT2D eigenvalue weighted by molar-refractivity contribution is 5.41. The van der Waals surface area contributed by atoms with Crippen LogP contribution in [0.5, 0.6) is 0 Å². The molecule has 2 N–H and O–H groups in total. The first kappa shape index (κ1) is 14.4. The number of aromatic nitrogens is 1. The summed E-state index contributed by atoms with van der Waals surface area (Å²) in [6.07, 6.45) is 2.22. The second-order valence-corrected chi connectivity index (χ2v) is 4.12. The Morgan fingerprint density at radius 2 is 2.33 bits per heavy atom. The summed E-state index contributed by atoms with van der Waals surface area (Å²) in [5.41, 5.74) is 6.90. The van der Waals surface area contributed by atoms with Gasteiger partial charge in [0, 0.05) is 32.4 Å². The van der Waals surface area contributed by atoms with Crippen LogP contribution in [0.15, 0.2) is 18.3 Å². The van der Waals surface area contributed by atoms with Gasteiger partial charge in [-0.05, 0) is 24.6 Å². The van der Waals surface area contributed by atoms with Crippen molar-refractivity contribution in [3.05, 3.63) is 23.9 Å². The van der Waals surface area contributed by atoms with Gasteiger partial charge in [-0.25, -0.2) is 4.98 Å². The molecule has 0 unspecified atom stereocenters. The lowest BCUT2D eigenvalue weighted by molar-refractivity contribution is 0.205. The van der Waals surface area contributed by atoms with Gasteiger partial charge >= 0.3 is 0 Å². The van der Waals surface area contributed by atoms with Gasteiger partial charge < -0.3 is 15.4 Å². The molecule has 0 bridgehead atoms. The molecule has 0 saturated heterocycles. The van der Waals surface area contributed by atoms with Crippen molar-refractivity contribution < 1.29 is 4.74 Å². The molecule has 1 rings (SSSR count). The minimum Gasteiger partial charge on any atom is -0.383 e. The topological polar surface area (TPSA) is 75.2 Å². The van der Waals surface area contributed by atoms with Crippen molar-refractivity contribution in [2.75, 3.05) is 31.7 Å². The molecule has 0 saturated carbocycles. The molecule has 0 aliphatic carbocycles. The van der Waals surface area contributed by atoms with Crippen molar-refractivity contribution in [3.8, 4) is 6.07 Å². The quantitative estimate of drug-likeness (QED) is 0.790. The zero-order valence-electron chi connectivity index (χ0n) is 11.0. The Morgan fingerprint density at radius 1 is 1.56 bits per heavy atom. The number of ether oxygens (including phenoxy) is 1. The van der Waals surface area contributed by atoms with Crippen LogP contribution in [0, 0.1) is 11.3 Å². The van der Waals surface area contributed by atoms with Crippen molar-refractivity contribution in [1.82, 2.24) is 4.98 Å². The van der Waals surface area contributed by atoms with Crippen LogP contribution >= 0.6 is 0 Å². The Labute approximate surface area is 108 Å². The molecule has 98 valence electrons. The van der Waals surface area contributed by atoms with E-state index >= 15 is 0 Å². The SMILES string of the molecule is COCCN(CCC#N)c1cc([C@@H](C)N)ccn1. The molecule has 18 heavy (non-hydrogen) atoms. The van der Waals surface area contributed by atoms with E-state index in [1.165, 1.54) is 0 Å². The Bertz CT molecular complexity index is 400. The van der Waals surface area contributed by atoms with Crippen LogP contribution in [0.3, 0.4) is 0 Å². The Balaban J connectivity index is 2.82. The number of pyridine rings is 1. The maximum absolute atomic E-state index is 8.68. The van der Waals surface area contributed by atoms with E-state index in [9.17, 15) is 0 Å². The second-order valence-electron chi connectivity index (χ2n) is 4.12. The molecule has 0 spiro atoms. The molecule has 0 aliphatic rings. The summed E-state index contributed by atoms with van der Waals surface area (Å²) < 4.78 is 5.07. The van der Waals surface area contributed by atoms with E-state index in [0.29, 0.717) is 26.1 Å². The lowest BCUT2D eigenvalue weighted by Gasteiger charge is -2.23. The van der Waals surface area contributed by atoms with Crippen LogP contribution in [0.25, 0.3) is 0 Å². The van der Waals surface area contributed by atoms with Gasteiger partial charge in [0.05, 0.1) is 19.1 Å². The van der Waals surface area contributed by atoms with Crippen molar-refractivity contribution in [1.29, 1.82) is 5.26 Å². The molecule has 0 amide bonds. The number of nitrogens with two attached hydrogens (primary N) is 1. The zero-order valence-corrected chi connectivity index (χ0v) is 11.0. The minimum atomic E-state index is -0.0213. The number of rotatable bonds is 7. The maximum Gasteiger partial charge on any atom is 0.128 e. The van der Waals surface area contributed by atoms with E-state index in [4.69, 9.17) is 15.7 Å². The molecule has 0 fully saturated rings. The van der Waals surface area contributed by atoms with E-state index in [-0.39, 0.29) is 6.04 Å². The summed E-state index contributed by atoms with van der Waals surface area (Å²) in [6.45, 7) is 3.91. The molecular weight excluding hydrogens is 228 g/mol. The fraction of sp³-hybridized carbons (Fsp3) is 0.538. The van der Waals surface area contributed by atoms with Crippen LogP contribution in [0.2, 0.25) is 0 Å². The summed E-state index contributed by atoms with van der Waals surface area (Å²) in [5.74, 6) is 0.845. The average Bonchev–Trinajstić information content (AvgIpc) is 2.39. The third-order valence-corrected chi connectivity index (χ3v) is 2.68. The van der Waals surface area contributed by atoms with E-state index in [2.05, 4.69) is 11.1 Å². The van der Waals surface area contributed by atoms with E-state index in [0.717, 1.165) is 11.4 Å². The summed E-state index contributed by atoms with van der Waals surface area (Å²) >= 11 is 0. The third kappa shape index (κ3) is 4.32. The summed E-state index contributed by atoms with van der Waals surface area (Å²) in [5, 5.41) is 8.68. The van der Waals surface area contributed by atoms with Gasteiger partial charge in [0.2, 0.25) is 0 Å². The molecule has 1 aromatic heterocycles. The third-order valence-electron chi connectivity index (χ3n) is 2.68. The van der Waals surface area contributed by atoms with E-state index in [1.54, 1.807) is 13.3 Å². The first-order valence-electron chi connectivity index (χ1n) is 6.01. The predicted octanol–water partition coefficient (Wildman–Crippen LogP) is 1.47. The van der Waals surface area contributed by atoms with Gasteiger partial charge in [0.25, 0.3) is 0 Å². The fourth-order valence-electron chi connectivity index (χ4n) is 1.62.